The van der Waals surface area contributed by atoms with Crippen molar-refractivity contribution in [1.82, 2.24) is 20.2 Å². The summed E-state index contributed by atoms with van der Waals surface area (Å²) in [5.74, 6) is 0.563. The quantitative estimate of drug-likeness (QED) is 0.792. The molecule has 0 bridgehead atoms. The maximum absolute atomic E-state index is 11.1. The summed E-state index contributed by atoms with van der Waals surface area (Å²) in [5, 5.41) is 11.8. The van der Waals surface area contributed by atoms with Crippen molar-refractivity contribution in [2.75, 3.05) is 0 Å². The number of halogens is 1. The molecular weight excluding hydrogens is 308 g/mol. The van der Waals surface area contributed by atoms with Gasteiger partial charge in [-0.25, -0.2) is 0 Å². The molecule has 2 heterocycles. The molecule has 0 amide bonds. The van der Waals surface area contributed by atoms with Crippen molar-refractivity contribution in [1.29, 1.82) is 0 Å². The molecule has 0 saturated heterocycles. The predicted octanol–water partition coefficient (Wildman–Crippen LogP) is 1.93. The molecule has 2 aromatic heterocycles. The van der Waals surface area contributed by atoms with Crippen molar-refractivity contribution in [3.8, 4) is 16.5 Å². The number of nitrogens with zero attached hydrogens (tertiary/aromatic N) is 4. The molecule has 0 aromatic carbocycles. The third-order valence-electron chi connectivity index (χ3n) is 1.99. The van der Waals surface area contributed by atoms with Crippen LogP contribution in [-0.2, 0) is 11.8 Å². The SMILES string of the molecule is CC(=O)Oc1c(-c2nnn(C)n2)sc(Br)c1C. The lowest BCUT2D eigenvalue weighted by Gasteiger charge is -2.01. The molecular formula is C9H9BrN4O2S. The van der Waals surface area contributed by atoms with Crippen molar-refractivity contribution in [3.05, 3.63) is 9.35 Å². The fraction of sp³-hybridized carbons (Fsp3) is 0.333. The molecule has 0 fully saturated rings. The van der Waals surface area contributed by atoms with E-state index < -0.39 is 0 Å². The van der Waals surface area contributed by atoms with Crippen LogP contribution in [0.5, 0.6) is 5.75 Å². The first-order chi connectivity index (χ1) is 7.99. The zero-order chi connectivity index (χ0) is 12.6. The highest BCUT2D eigenvalue weighted by Crippen LogP contribution is 2.43. The first-order valence-corrected chi connectivity index (χ1v) is 6.31. The first kappa shape index (κ1) is 12.2. The van der Waals surface area contributed by atoms with Crippen molar-refractivity contribution in [3.63, 3.8) is 0 Å². The van der Waals surface area contributed by atoms with Crippen molar-refractivity contribution < 1.29 is 9.53 Å². The van der Waals surface area contributed by atoms with E-state index in [0.717, 1.165) is 9.35 Å². The minimum Gasteiger partial charge on any atom is -0.425 e. The van der Waals surface area contributed by atoms with Gasteiger partial charge in [-0.05, 0) is 28.1 Å². The molecule has 0 unspecified atom stereocenters. The number of esters is 1. The van der Waals surface area contributed by atoms with E-state index in [1.54, 1.807) is 7.05 Å². The second kappa shape index (κ2) is 4.53. The molecule has 17 heavy (non-hydrogen) atoms. The smallest absolute Gasteiger partial charge is 0.308 e. The Hall–Kier alpha value is -1.28. The fourth-order valence-corrected chi connectivity index (χ4v) is 2.81. The topological polar surface area (TPSA) is 69.9 Å². The maximum Gasteiger partial charge on any atom is 0.308 e. The summed E-state index contributed by atoms with van der Waals surface area (Å²) in [7, 11) is 1.68. The fourth-order valence-electron chi connectivity index (χ4n) is 1.26. The molecule has 0 aliphatic rings. The second-order valence-corrected chi connectivity index (χ2v) is 5.69. The molecule has 90 valence electrons. The van der Waals surface area contributed by atoms with Crippen LogP contribution < -0.4 is 4.74 Å². The standard InChI is InChI=1S/C9H9BrN4O2S/c1-4-6(16-5(2)15)7(17-8(4)10)9-11-13-14(3)12-9/h1-3H3. The minimum atomic E-state index is -0.372. The largest absolute Gasteiger partial charge is 0.425 e. The summed E-state index contributed by atoms with van der Waals surface area (Å²) >= 11 is 4.82. The van der Waals surface area contributed by atoms with E-state index in [-0.39, 0.29) is 5.97 Å². The molecule has 8 heteroatoms. The molecule has 0 atom stereocenters. The van der Waals surface area contributed by atoms with Gasteiger partial charge in [0.05, 0.1) is 10.8 Å². The van der Waals surface area contributed by atoms with Crippen LogP contribution in [0, 0.1) is 6.92 Å². The Bertz CT molecular complexity index is 578. The number of carbonyl (C=O) groups excluding carboxylic acids is 1. The minimum absolute atomic E-state index is 0.372. The van der Waals surface area contributed by atoms with E-state index in [0.29, 0.717) is 16.5 Å². The van der Waals surface area contributed by atoms with Crippen LogP contribution in [0.3, 0.4) is 0 Å². The second-order valence-electron chi connectivity index (χ2n) is 3.36. The Morgan fingerprint density at radius 2 is 2.24 bits per heavy atom. The monoisotopic (exact) mass is 316 g/mol. The lowest BCUT2D eigenvalue weighted by Crippen LogP contribution is -2.02. The Balaban J connectivity index is 2.53. The lowest BCUT2D eigenvalue weighted by atomic mass is 10.3. The van der Waals surface area contributed by atoms with Crippen LogP contribution in [-0.4, -0.2) is 26.2 Å². The molecule has 0 aliphatic heterocycles. The van der Waals surface area contributed by atoms with Crippen LogP contribution in [0.1, 0.15) is 12.5 Å². The van der Waals surface area contributed by atoms with Gasteiger partial charge in [-0.1, -0.05) is 0 Å². The predicted molar refractivity (Wildman–Crippen MR) is 65.9 cm³/mol. The van der Waals surface area contributed by atoms with Crippen LogP contribution in [0.25, 0.3) is 10.7 Å². The van der Waals surface area contributed by atoms with Crippen molar-refractivity contribution in [2.24, 2.45) is 7.05 Å². The van der Waals surface area contributed by atoms with Gasteiger partial charge in [0.25, 0.3) is 0 Å². The summed E-state index contributed by atoms with van der Waals surface area (Å²) in [5.41, 5.74) is 0.854. The van der Waals surface area contributed by atoms with Gasteiger partial charge < -0.3 is 4.74 Å². The zero-order valence-electron chi connectivity index (χ0n) is 9.39. The Morgan fingerprint density at radius 3 is 2.76 bits per heavy atom. The van der Waals surface area contributed by atoms with Crippen molar-refractivity contribution in [2.45, 2.75) is 13.8 Å². The maximum atomic E-state index is 11.1. The number of ether oxygens (including phenoxy) is 1. The third kappa shape index (κ3) is 2.37. The number of hydrogen-bond donors (Lipinski definition) is 0. The number of rotatable bonds is 2. The average molecular weight is 317 g/mol. The third-order valence-corrected chi connectivity index (χ3v) is 4.13. The number of hydrogen-bond acceptors (Lipinski definition) is 6. The summed E-state index contributed by atoms with van der Waals surface area (Å²) in [6.07, 6.45) is 0. The van der Waals surface area contributed by atoms with Gasteiger partial charge in [-0.15, -0.1) is 21.5 Å². The van der Waals surface area contributed by atoms with Gasteiger partial charge in [0, 0.05) is 12.5 Å². The number of aromatic nitrogens is 4. The Kier molecular flexibility index (Phi) is 3.25. The summed E-state index contributed by atoms with van der Waals surface area (Å²) in [6.45, 7) is 3.22. The van der Waals surface area contributed by atoms with Gasteiger partial charge in [-0.2, -0.15) is 4.80 Å². The van der Waals surface area contributed by atoms with Crippen LogP contribution in [0.2, 0.25) is 0 Å². The molecule has 0 N–H and O–H groups in total. The highest BCUT2D eigenvalue weighted by atomic mass is 79.9. The summed E-state index contributed by atoms with van der Waals surface area (Å²) in [4.78, 5) is 13.1. The van der Waals surface area contributed by atoms with Gasteiger partial charge in [-0.3, -0.25) is 4.79 Å². The summed E-state index contributed by atoms with van der Waals surface area (Å²) < 4.78 is 6.07. The number of carbonyl (C=O) groups is 1. The van der Waals surface area contributed by atoms with Crippen LogP contribution >= 0.6 is 27.3 Å². The highest BCUT2D eigenvalue weighted by molar-refractivity contribution is 9.11. The highest BCUT2D eigenvalue weighted by Gasteiger charge is 2.21. The zero-order valence-corrected chi connectivity index (χ0v) is 11.8. The Morgan fingerprint density at radius 1 is 1.53 bits per heavy atom. The van der Waals surface area contributed by atoms with Gasteiger partial charge in [0.15, 0.2) is 5.75 Å². The van der Waals surface area contributed by atoms with Gasteiger partial charge in [0.2, 0.25) is 5.82 Å². The van der Waals surface area contributed by atoms with Gasteiger partial charge >= 0.3 is 5.97 Å². The molecule has 0 aliphatic carbocycles. The van der Waals surface area contributed by atoms with Gasteiger partial charge in [0.1, 0.15) is 4.88 Å². The average Bonchev–Trinajstić information content (AvgIpc) is 2.77. The molecule has 0 radical (unpaired) electrons. The normalized spacial score (nSPS) is 10.6. The number of aryl methyl sites for hydroxylation is 1. The van der Waals surface area contributed by atoms with E-state index in [1.165, 1.54) is 23.1 Å². The molecule has 0 spiro atoms. The molecule has 0 saturated carbocycles. The molecule has 2 aromatic rings. The lowest BCUT2D eigenvalue weighted by molar-refractivity contribution is -0.131. The van der Waals surface area contributed by atoms with Crippen LogP contribution in [0.15, 0.2) is 3.79 Å². The molecule has 2 rings (SSSR count). The number of tetrazole rings is 1. The van der Waals surface area contributed by atoms with Crippen molar-refractivity contribution >= 4 is 33.2 Å². The number of thiophene rings is 1. The van der Waals surface area contributed by atoms with E-state index in [1.807, 2.05) is 6.92 Å². The van der Waals surface area contributed by atoms with E-state index in [9.17, 15) is 4.79 Å². The van der Waals surface area contributed by atoms with Crippen LogP contribution in [0.4, 0.5) is 0 Å². The van der Waals surface area contributed by atoms with E-state index in [4.69, 9.17) is 4.74 Å². The van der Waals surface area contributed by atoms with E-state index in [2.05, 4.69) is 31.3 Å². The van der Waals surface area contributed by atoms with E-state index >= 15 is 0 Å². The molecule has 6 nitrogen and oxygen atoms in total. The summed E-state index contributed by atoms with van der Waals surface area (Å²) in [6, 6.07) is 0. The Labute approximate surface area is 110 Å². The first-order valence-electron chi connectivity index (χ1n) is 4.70.